The molecular weight excluding hydrogens is 353 g/mol. The Morgan fingerprint density at radius 1 is 1.00 bits per heavy atom. The van der Waals surface area contributed by atoms with Crippen molar-refractivity contribution in [3.05, 3.63) is 65.3 Å². The van der Waals surface area contributed by atoms with Crippen molar-refractivity contribution >= 4 is 28.9 Å². The molecule has 3 rings (SSSR count). The Morgan fingerprint density at radius 2 is 1.72 bits per heavy atom. The molecule has 0 spiro atoms. The van der Waals surface area contributed by atoms with E-state index in [1.807, 2.05) is 0 Å². The predicted molar refractivity (Wildman–Crippen MR) is 91.6 cm³/mol. The summed E-state index contributed by atoms with van der Waals surface area (Å²) in [6, 6.07) is 11.3. The number of hydrogen-bond donors (Lipinski definition) is 2. The smallest absolute Gasteiger partial charge is 0.398 e. The van der Waals surface area contributed by atoms with Gasteiger partial charge in [0.2, 0.25) is 5.95 Å². The molecule has 1 heterocycles. The van der Waals surface area contributed by atoms with Crippen LogP contribution >= 0.6 is 11.6 Å². The molecule has 0 saturated heterocycles. The Balaban J connectivity index is 1.86. The summed E-state index contributed by atoms with van der Waals surface area (Å²) in [4.78, 5) is 8.39. The number of nitrogens with two attached hydrogens (primary N) is 1. The molecule has 0 fully saturated rings. The van der Waals surface area contributed by atoms with E-state index in [1.165, 1.54) is 18.3 Å². The van der Waals surface area contributed by atoms with E-state index < -0.39 is 11.7 Å². The monoisotopic (exact) mass is 364 g/mol. The summed E-state index contributed by atoms with van der Waals surface area (Å²) in [6.07, 6.45) is -2.85. The minimum absolute atomic E-state index is 0.233. The van der Waals surface area contributed by atoms with E-state index in [1.54, 1.807) is 24.3 Å². The van der Waals surface area contributed by atoms with E-state index in [4.69, 9.17) is 17.3 Å². The van der Waals surface area contributed by atoms with Crippen molar-refractivity contribution in [2.24, 2.45) is 0 Å². The number of rotatable bonds is 3. The second-order valence-corrected chi connectivity index (χ2v) is 5.63. The zero-order chi connectivity index (χ0) is 18.0. The summed E-state index contributed by atoms with van der Waals surface area (Å²) in [6.45, 7) is 0. The average Bonchev–Trinajstić information content (AvgIpc) is 2.57. The first-order valence-electron chi connectivity index (χ1n) is 7.16. The minimum Gasteiger partial charge on any atom is -0.398 e. The Morgan fingerprint density at radius 3 is 2.40 bits per heavy atom. The highest BCUT2D eigenvalue weighted by atomic mass is 35.5. The predicted octanol–water partition coefficient (Wildman–Crippen LogP) is 5.14. The summed E-state index contributed by atoms with van der Waals surface area (Å²) in [7, 11) is 0. The van der Waals surface area contributed by atoms with E-state index in [9.17, 15) is 13.2 Å². The van der Waals surface area contributed by atoms with Crippen LogP contribution in [0.5, 0.6) is 0 Å². The van der Waals surface area contributed by atoms with Crippen LogP contribution in [-0.2, 0) is 6.18 Å². The summed E-state index contributed by atoms with van der Waals surface area (Å²) in [5.74, 6) is 0.233. The number of anilines is 3. The molecule has 8 heteroatoms. The van der Waals surface area contributed by atoms with Gasteiger partial charge in [-0.25, -0.2) is 9.97 Å². The fraction of sp³-hybridized carbons (Fsp3) is 0.0588. The molecule has 3 N–H and O–H groups in total. The normalized spacial score (nSPS) is 11.4. The van der Waals surface area contributed by atoms with Gasteiger partial charge in [0.15, 0.2) is 0 Å². The lowest BCUT2D eigenvalue weighted by Crippen LogP contribution is -2.05. The van der Waals surface area contributed by atoms with E-state index in [-0.39, 0.29) is 5.95 Å². The van der Waals surface area contributed by atoms with Crippen LogP contribution in [0.15, 0.2) is 54.7 Å². The van der Waals surface area contributed by atoms with Gasteiger partial charge in [-0.1, -0.05) is 11.6 Å². The SMILES string of the molecule is Nc1ccc(Cl)cc1-c1ccnc(Nc2ccc(C(F)(F)F)cc2)n1. The van der Waals surface area contributed by atoms with Crippen LogP contribution in [0.25, 0.3) is 11.3 Å². The number of nitrogens with one attached hydrogen (secondary N) is 1. The Kier molecular flexibility index (Phi) is 4.50. The highest BCUT2D eigenvalue weighted by Gasteiger charge is 2.29. The number of benzene rings is 2. The van der Waals surface area contributed by atoms with Crippen LogP contribution in [0.1, 0.15) is 5.56 Å². The van der Waals surface area contributed by atoms with Gasteiger partial charge in [-0.2, -0.15) is 13.2 Å². The van der Waals surface area contributed by atoms with Crippen LogP contribution < -0.4 is 11.1 Å². The highest BCUT2D eigenvalue weighted by Crippen LogP contribution is 2.31. The van der Waals surface area contributed by atoms with E-state index in [0.29, 0.717) is 27.7 Å². The van der Waals surface area contributed by atoms with Crippen molar-refractivity contribution in [2.45, 2.75) is 6.18 Å². The molecule has 0 amide bonds. The lowest BCUT2D eigenvalue weighted by atomic mass is 10.1. The molecule has 0 aliphatic rings. The molecule has 0 unspecified atom stereocenters. The summed E-state index contributed by atoms with van der Waals surface area (Å²) < 4.78 is 37.8. The summed E-state index contributed by atoms with van der Waals surface area (Å²) in [5.41, 5.74) is 7.34. The number of aromatic nitrogens is 2. The molecule has 0 radical (unpaired) electrons. The molecular formula is C17H12ClF3N4. The highest BCUT2D eigenvalue weighted by molar-refractivity contribution is 6.31. The fourth-order valence-corrected chi connectivity index (χ4v) is 2.36. The number of hydrogen-bond acceptors (Lipinski definition) is 4. The van der Waals surface area contributed by atoms with E-state index >= 15 is 0 Å². The third-order valence-corrected chi connectivity index (χ3v) is 3.65. The molecule has 4 nitrogen and oxygen atoms in total. The summed E-state index contributed by atoms with van der Waals surface area (Å²) >= 11 is 5.98. The van der Waals surface area contributed by atoms with E-state index in [0.717, 1.165) is 12.1 Å². The van der Waals surface area contributed by atoms with Gasteiger partial charge in [-0.05, 0) is 48.5 Å². The van der Waals surface area contributed by atoms with Crippen molar-refractivity contribution in [3.8, 4) is 11.3 Å². The van der Waals surface area contributed by atoms with Gasteiger partial charge in [0.05, 0.1) is 11.3 Å². The van der Waals surface area contributed by atoms with Crippen LogP contribution in [0, 0.1) is 0 Å². The van der Waals surface area contributed by atoms with Gasteiger partial charge in [0.25, 0.3) is 0 Å². The molecule has 3 aromatic rings. The van der Waals surface area contributed by atoms with Crippen LogP contribution in [0.2, 0.25) is 5.02 Å². The van der Waals surface area contributed by atoms with E-state index in [2.05, 4.69) is 15.3 Å². The van der Waals surface area contributed by atoms with Gasteiger partial charge < -0.3 is 11.1 Å². The van der Waals surface area contributed by atoms with Gasteiger partial charge in [-0.3, -0.25) is 0 Å². The third kappa shape index (κ3) is 4.00. The molecule has 0 saturated carbocycles. The number of nitrogens with zero attached hydrogens (tertiary/aromatic N) is 2. The second-order valence-electron chi connectivity index (χ2n) is 5.20. The van der Waals surface area contributed by atoms with Crippen molar-refractivity contribution in [3.63, 3.8) is 0 Å². The molecule has 0 aliphatic carbocycles. The first-order valence-corrected chi connectivity index (χ1v) is 7.53. The lowest BCUT2D eigenvalue weighted by Gasteiger charge is -2.10. The van der Waals surface area contributed by atoms with Crippen molar-refractivity contribution < 1.29 is 13.2 Å². The molecule has 0 aliphatic heterocycles. The second kappa shape index (κ2) is 6.60. The molecule has 0 atom stereocenters. The standard InChI is InChI=1S/C17H12ClF3N4/c18-11-3-6-14(22)13(9-11)15-7-8-23-16(25-15)24-12-4-1-10(2-5-12)17(19,20)21/h1-9H,22H2,(H,23,24,25). The molecule has 1 aromatic heterocycles. The van der Waals surface area contributed by atoms with Crippen molar-refractivity contribution in [1.82, 2.24) is 9.97 Å². The maximum absolute atomic E-state index is 12.6. The van der Waals surface area contributed by atoms with Crippen molar-refractivity contribution in [2.75, 3.05) is 11.1 Å². The maximum Gasteiger partial charge on any atom is 0.416 e. The fourth-order valence-electron chi connectivity index (χ4n) is 2.19. The van der Waals surface area contributed by atoms with Gasteiger partial charge in [-0.15, -0.1) is 0 Å². The number of nitrogen functional groups attached to an aromatic ring is 1. The maximum atomic E-state index is 12.6. The zero-order valence-electron chi connectivity index (χ0n) is 12.7. The average molecular weight is 365 g/mol. The quantitative estimate of drug-likeness (QED) is 0.631. The first kappa shape index (κ1) is 17.0. The Labute approximate surface area is 146 Å². The summed E-state index contributed by atoms with van der Waals surface area (Å²) in [5, 5.41) is 3.38. The molecule has 0 bridgehead atoms. The van der Waals surface area contributed by atoms with Crippen LogP contribution in [0.4, 0.5) is 30.5 Å². The minimum atomic E-state index is -4.38. The van der Waals surface area contributed by atoms with Gasteiger partial charge in [0.1, 0.15) is 0 Å². The molecule has 25 heavy (non-hydrogen) atoms. The Hall–Kier alpha value is -2.80. The van der Waals surface area contributed by atoms with Gasteiger partial charge >= 0.3 is 6.18 Å². The van der Waals surface area contributed by atoms with Gasteiger partial charge in [0, 0.05) is 28.2 Å². The Bertz CT molecular complexity index is 895. The van der Waals surface area contributed by atoms with Crippen LogP contribution in [-0.4, -0.2) is 9.97 Å². The molecule has 128 valence electrons. The topological polar surface area (TPSA) is 63.8 Å². The molecule has 2 aromatic carbocycles. The number of alkyl halides is 3. The third-order valence-electron chi connectivity index (χ3n) is 3.42. The zero-order valence-corrected chi connectivity index (χ0v) is 13.4. The lowest BCUT2D eigenvalue weighted by molar-refractivity contribution is -0.137. The number of halogens is 4. The first-order chi connectivity index (χ1) is 11.8. The van der Waals surface area contributed by atoms with Crippen molar-refractivity contribution in [1.29, 1.82) is 0 Å². The van der Waals surface area contributed by atoms with Crippen LogP contribution in [0.3, 0.4) is 0 Å². The largest absolute Gasteiger partial charge is 0.416 e.